The standard InChI is InChI=1S/C36H35BrClN3OS/c1-22-30(28-7-5-6-8-31(28)41(22)21-23-9-12-25(37)13-10-23)20-39-35-33(34(42)40-27-16-14-26(38)15-17-27)29-18-11-24(36(2,3)4)19-32(29)43-35/h5-10,12-17,20,24H,11,18-19,21H2,1-4H3,(H,40,42)/t24-/m0/s1. The van der Waals surface area contributed by atoms with Crippen molar-refractivity contribution in [3.05, 3.63) is 115 Å². The molecule has 7 heteroatoms. The molecule has 1 amide bonds. The third kappa shape index (κ3) is 6.24. The summed E-state index contributed by atoms with van der Waals surface area (Å²) < 4.78 is 3.42. The predicted molar refractivity (Wildman–Crippen MR) is 186 cm³/mol. The van der Waals surface area contributed by atoms with Crippen LogP contribution in [0.4, 0.5) is 10.7 Å². The Morgan fingerprint density at radius 2 is 1.81 bits per heavy atom. The predicted octanol–water partition coefficient (Wildman–Crippen LogP) is 10.6. The van der Waals surface area contributed by atoms with Crippen molar-refractivity contribution in [2.45, 2.75) is 53.5 Å². The minimum Gasteiger partial charge on any atom is -0.340 e. The number of hydrogen-bond donors (Lipinski definition) is 1. The zero-order valence-corrected chi connectivity index (χ0v) is 28.0. The maximum atomic E-state index is 13.8. The van der Waals surface area contributed by atoms with Crippen LogP contribution in [0.2, 0.25) is 5.02 Å². The molecule has 0 spiro atoms. The molecule has 0 unspecified atom stereocenters. The van der Waals surface area contributed by atoms with E-state index in [1.54, 1.807) is 23.5 Å². The molecule has 0 radical (unpaired) electrons. The van der Waals surface area contributed by atoms with Gasteiger partial charge >= 0.3 is 0 Å². The molecular formula is C36H35BrClN3OS. The third-order valence-electron chi connectivity index (χ3n) is 8.65. The number of anilines is 1. The zero-order chi connectivity index (χ0) is 30.3. The van der Waals surface area contributed by atoms with Crippen molar-refractivity contribution in [2.24, 2.45) is 16.3 Å². The first-order chi connectivity index (χ1) is 20.6. The lowest BCUT2D eigenvalue weighted by Crippen LogP contribution is -2.27. The van der Waals surface area contributed by atoms with E-state index in [9.17, 15) is 4.79 Å². The van der Waals surface area contributed by atoms with Crippen LogP contribution in [0.25, 0.3) is 10.9 Å². The molecule has 0 saturated heterocycles. The minimum atomic E-state index is -0.115. The van der Waals surface area contributed by atoms with E-state index in [0.717, 1.165) is 63.2 Å². The molecule has 0 aliphatic heterocycles. The summed E-state index contributed by atoms with van der Waals surface area (Å²) in [4.78, 5) is 20.2. The second kappa shape index (κ2) is 12.1. The van der Waals surface area contributed by atoms with Crippen molar-refractivity contribution < 1.29 is 4.79 Å². The fourth-order valence-corrected chi connectivity index (χ4v) is 7.74. The van der Waals surface area contributed by atoms with Crippen molar-refractivity contribution in [3.8, 4) is 0 Å². The monoisotopic (exact) mass is 671 g/mol. The Labute approximate surface area is 270 Å². The average molecular weight is 673 g/mol. The van der Waals surface area contributed by atoms with Crippen molar-refractivity contribution in [2.75, 3.05) is 5.32 Å². The summed E-state index contributed by atoms with van der Waals surface area (Å²) in [7, 11) is 0. The number of halogens is 2. The third-order valence-corrected chi connectivity index (χ3v) is 10.6. The number of carbonyl (C=O) groups is 1. The van der Waals surface area contributed by atoms with Gasteiger partial charge in [0.15, 0.2) is 0 Å². The Hall–Kier alpha value is -3.19. The van der Waals surface area contributed by atoms with Gasteiger partial charge in [0.2, 0.25) is 0 Å². The molecule has 0 saturated carbocycles. The number of nitrogens with zero attached hydrogens (tertiary/aromatic N) is 2. The highest BCUT2D eigenvalue weighted by molar-refractivity contribution is 9.10. The molecule has 1 atom stereocenters. The minimum absolute atomic E-state index is 0.115. The summed E-state index contributed by atoms with van der Waals surface area (Å²) in [5.74, 6) is 0.456. The van der Waals surface area contributed by atoms with E-state index in [1.165, 1.54) is 16.0 Å². The van der Waals surface area contributed by atoms with Gasteiger partial charge in [0.1, 0.15) is 5.00 Å². The topological polar surface area (TPSA) is 46.4 Å². The van der Waals surface area contributed by atoms with E-state index in [-0.39, 0.29) is 11.3 Å². The number of benzene rings is 3. The maximum Gasteiger partial charge on any atom is 0.259 e. The number of thiophene rings is 1. The molecule has 2 aromatic heterocycles. The highest BCUT2D eigenvalue weighted by Crippen LogP contribution is 2.45. The highest BCUT2D eigenvalue weighted by Gasteiger charge is 2.33. The quantitative estimate of drug-likeness (QED) is 0.179. The van der Waals surface area contributed by atoms with Gasteiger partial charge in [-0.15, -0.1) is 11.3 Å². The molecule has 1 N–H and O–H groups in total. The van der Waals surface area contributed by atoms with Crippen molar-refractivity contribution in [3.63, 3.8) is 0 Å². The van der Waals surface area contributed by atoms with Gasteiger partial charge in [-0.3, -0.25) is 4.79 Å². The summed E-state index contributed by atoms with van der Waals surface area (Å²) >= 11 is 11.3. The molecule has 0 bridgehead atoms. The fraction of sp³-hybridized carbons (Fsp3) is 0.278. The number of rotatable bonds is 6. The number of para-hydroxylation sites is 1. The van der Waals surface area contributed by atoms with E-state index in [1.807, 2.05) is 18.3 Å². The van der Waals surface area contributed by atoms with E-state index < -0.39 is 0 Å². The SMILES string of the molecule is Cc1c(C=Nc2sc3c(c2C(=O)Nc2ccc(Cl)cc2)CC[C@H](C(C)(C)C)C3)c2ccccc2n1Cc1ccc(Br)cc1. The first kappa shape index (κ1) is 29.9. The molecule has 5 aromatic rings. The van der Waals surface area contributed by atoms with E-state index in [4.69, 9.17) is 16.6 Å². The Morgan fingerprint density at radius 1 is 1.09 bits per heavy atom. The zero-order valence-electron chi connectivity index (χ0n) is 24.9. The van der Waals surface area contributed by atoms with Gasteiger partial charge in [-0.25, -0.2) is 4.99 Å². The number of carbonyl (C=O) groups excluding carboxylic acids is 1. The Morgan fingerprint density at radius 3 is 2.53 bits per heavy atom. The second-order valence-electron chi connectivity index (χ2n) is 12.4. The molecule has 220 valence electrons. The van der Waals surface area contributed by atoms with Crippen LogP contribution in [0, 0.1) is 18.3 Å². The Balaban J connectivity index is 1.40. The van der Waals surface area contributed by atoms with Crippen LogP contribution in [-0.4, -0.2) is 16.7 Å². The van der Waals surface area contributed by atoms with Crippen molar-refractivity contribution >= 4 is 72.6 Å². The fourth-order valence-electron chi connectivity index (χ4n) is 6.08. The normalized spacial score (nSPS) is 15.3. The van der Waals surface area contributed by atoms with Crippen LogP contribution in [0.1, 0.15) is 64.8 Å². The van der Waals surface area contributed by atoms with Gasteiger partial charge < -0.3 is 9.88 Å². The highest BCUT2D eigenvalue weighted by atomic mass is 79.9. The Kier molecular flexibility index (Phi) is 8.38. The Bertz CT molecular complexity index is 1830. The number of nitrogens with one attached hydrogen (secondary N) is 1. The average Bonchev–Trinajstić information content (AvgIpc) is 3.48. The molecular weight excluding hydrogens is 638 g/mol. The van der Waals surface area contributed by atoms with Crippen LogP contribution in [0.15, 0.2) is 82.3 Å². The van der Waals surface area contributed by atoms with Gasteiger partial charge in [-0.1, -0.05) is 78.6 Å². The largest absolute Gasteiger partial charge is 0.340 e. The second-order valence-corrected chi connectivity index (χ2v) is 14.9. The lowest BCUT2D eigenvalue weighted by atomic mass is 9.72. The lowest BCUT2D eigenvalue weighted by Gasteiger charge is -2.33. The molecule has 2 heterocycles. The van der Waals surface area contributed by atoms with Crippen molar-refractivity contribution in [1.29, 1.82) is 0 Å². The van der Waals surface area contributed by atoms with Crippen LogP contribution in [0.3, 0.4) is 0 Å². The van der Waals surface area contributed by atoms with Crippen LogP contribution < -0.4 is 5.32 Å². The summed E-state index contributed by atoms with van der Waals surface area (Å²) in [5.41, 5.74) is 7.42. The van der Waals surface area contributed by atoms with E-state index in [0.29, 0.717) is 16.5 Å². The molecule has 1 aliphatic rings. The summed E-state index contributed by atoms with van der Waals surface area (Å²) in [6.07, 6.45) is 4.90. The van der Waals surface area contributed by atoms with Gasteiger partial charge in [-0.2, -0.15) is 0 Å². The summed E-state index contributed by atoms with van der Waals surface area (Å²) in [5, 5.41) is 5.67. The molecule has 43 heavy (non-hydrogen) atoms. The van der Waals surface area contributed by atoms with E-state index >= 15 is 0 Å². The summed E-state index contributed by atoms with van der Waals surface area (Å²) in [6, 6.07) is 24.2. The molecule has 6 rings (SSSR count). The maximum absolute atomic E-state index is 13.8. The molecule has 4 nitrogen and oxygen atoms in total. The van der Waals surface area contributed by atoms with Gasteiger partial charge in [-0.05, 0) is 91.1 Å². The number of aromatic nitrogens is 1. The first-order valence-corrected chi connectivity index (χ1v) is 16.6. The first-order valence-electron chi connectivity index (χ1n) is 14.7. The van der Waals surface area contributed by atoms with Gasteiger partial charge in [0.25, 0.3) is 5.91 Å². The van der Waals surface area contributed by atoms with Crippen LogP contribution in [0.5, 0.6) is 0 Å². The number of fused-ring (bicyclic) bond motifs is 2. The van der Waals surface area contributed by atoms with Crippen LogP contribution in [-0.2, 0) is 19.4 Å². The van der Waals surface area contributed by atoms with E-state index in [2.05, 4.69) is 102 Å². The number of hydrogen-bond acceptors (Lipinski definition) is 3. The molecule has 3 aromatic carbocycles. The molecule has 0 fully saturated rings. The number of amides is 1. The summed E-state index contributed by atoms with van der Waals surface area (Å²) in [6.45, 7) is 9.87. The van der Waals surface area contributed by atoms with Gasteiger partial charge in [0, 0.05) is 55.0 Å². The smallest absolute Gasteiger partial charge is 0.259 e. The van der Waals surface area contributed by atoms with Crippen LogP contribution >= 0.6 is 38.9 Å². The molecule has 1 aliphatic carbocycles. The van der Waals surface area contributed by atoms with Gasteiger partial charge in [0.05, 0.1) is 5.56 Å². The lowest BCUT2D eigenvalue weighted by molar-refractivity contribution is 0.102. The van der Waals surface area contributed by atoms with Crippen molar-refractivity contribution in [1.82, 2.24) is 4.57 Å². The number of aliphatic imine (C=N–C) groups is 1.